The van der Waals surface area contributed by atoms with Crippen molar-refractivity contribution in [2.45, 2.75) is 26.2 Å². The molecule has 0 heterocycles. The van der Waals surface area contributed by atoms with E-state index in [1.165, 1.54) is 0 Å². The van der Waals surface area contributed by atoms with E-state index >= 15 is 0 Å². The van der Waals surface area contributed by atoms with Crippen molar-refractivity contribution in [2.75, 3.05) is 10.6 Å². The molecule has 0 aromatic heterocycles. The molecule has 0 radical (unpaired) electrons. The maximum Gasteiger partial charge on any atom is 0.310 e. The number of carboxylic acids is 1. The van der Waals surface area contributed by atoms with Gasteiger partial charge in [-0.1, -0.05) is 19.1 Å². The molecule has 27 heavy (non-hydrogen) atoms. The summed E-state index contributed by atoms with van der Waals surface area (Å²) in [7, 11) is 0. The van der Waals surface area contributed by atoms with Gasteiger partial charge in [0.15, 0.2) is 0 Å². The molecule has 1 fully saturated rings. The number of hydrogen-bond acceptors (Lipinski definition) is 3. The molecule has 2 aromatic carbocycles. The molecule has 3 N–H and O–H groups in total. The van der Waals surface area contributed by atoms with Gasteiger partial charge in [0.25, 0.3) is 5.91 Å². The molecule has 6 nitrogen and oxygen atoms in total. The summed E-state index contributed by atoms with van der Waals surface area (Å²) in [4.78, 5) is 35.5. The summed E-state index contributed by atoms with van der Waals surface area (Å²) in [5, 5.41) is 14.7. The highest BCUT2D eigenvalue weighted by Crippen LogP contribution is 2.38. The summed E-state index contributed by atoms with van der Waals surface area (Å²) in [5.74, 6) is -1.33. The van der Waals surface area contributed by atoms with Crippen LogP contribution in [0.2, 0.25) is 0 Å². The van der Waals surface area contributed by atoms with Crippen LogP contribution >= 0.6 is 0 Å². The van der Waals surface area contributed by atoms with E-state index in [1.807, 2.05) is 6.92 Å². The Balaban J connectivity index is 1.63. The Morgan fingerprint density at radius 1 is 1.04 bits per heavy atom. The SMILES string of the molecule is CC(C(=O)O)c1cccc(NC(=O)c2ccc(NC(=O)C3CC3C)cc2)c1. The first-order valence-corrected chi connectivity index (χ1v) is 8.90. The second-order valence-corrected chi connectivity index (χ2v) is 7.03. The summed E-state index contributed by atoms with van der Waals surface area (Å²) in [6, 6.07) is 13.5. The molecule has 0 spiro atoms. The molecule has 2 aromatic rings. The maximum atomic E-state index is 12.4. The van der Waals surface area contributed by atoms with Crippen molar-refractivity contribution in [1.29, 1.82) is 0 Å². The van der Waals surface area contributed by atoms with Crippen LogP contribution < -0.4 is 10.6 Å². The van der Waals surface area contributed by atoms with E-state index in [1.54, 1.807) is 55.5 Å². The number of hydrogen-bond donors (Lipinski definition) is 3. The Morgan fingerprint density at radius 2 is 1.70 bits per heavy atom. The van der Waals surface area contributed by atoms with Crippen LogP contribution in [0.25, 0.3) is 0 Å². The molecule has 1 aliphatic rings. The van der Waals surface area contributed by atoms with E-state index in [4.69, 9.17) is 5.11 Å². The fraction of sp³-hybridized carbons (Fsp3) is 0.286. The normalized spacial score (nSPS) is 19.0. The minimum Gasteiger partial charge on any atom is -0.481 e. The molecule has 6 heteroatoms. The van der Waals surface area contributed by atoms with E-state index in [0.717, 1.165) is 6.42 Å². The average molecular weight is 366 g/mol. The lowest BCUT2D eigenvalue weighted by atomic mass is 10.0. The predicted octanol–water partition coefficient (Wildman–Crippen LogP) is 3.72. The third-order valence-electron chi connectivity index (χ3n) is 4.88. The molecule has 1 aliphatic carbocycles. The van der Waals surface area contributed by atoms with Crippen molar-refractivity contribution in [3.8, 4) is 0 Å². The summed E-state index contributed by atoms with van der Waals surface area (Å²) >= 11 is 0. The molecule has 3 atom stereocenters. The number of amides is 2. The van der Waals surface area contributed by atoms with Gasteiger partial charge in [0, 0.05) is 22.9 Å². The largest absolute Gasteiger partial charge is 0.481 e. The molecule has 140 valence electrons. The summed E-state index contributed by atoms with van der Waals surface area (Å²) < 4.78 is 0. The topological polar surface area (TPSA) is 95.5 Å². The van der Waals surface area contributed by atoms with Crippen molar-refractivity contribution in [3.63, 3.8) is 0 Å². The number of aliphatic carboxylic acids is 1. The zero-order valence-electron chi connectivity index (χ0n) is 15.2. The first-order valence-electron chi connectivity index (χ1n) is 8.90. The van der Waals surface area contributed by atoms with Gasteiger partial charge in [0.2, 0.25) is 5.91 Å². The van der Waals surface area contributed by atoms with Crippen LogP contribution in [0.4, 0.5) is 11.4 Å². The minimum atomic E-state index is -0.920. The number of carbonyl (C=O) groups excluding carboxylic acids is 2. The Kier molecular flexibility index (Phi) is 5.26. The zero-order chi connectivity index (χ0) is 19.6. The Hall–Kier alpha value is -3.15. The van der Waals surface area contributed by atoms with Crippen molar-refractivity contribution >= 4 is 29.2 Å². The number of nitrogens with one attached hydrogen (secondary N) is 2. The molecule has 3 rings (SSSR count). The smallest absolute Gasteiger partial charge is 0.310 e. The van der Waals surface area contributed by atoms with Crippen molar-refractivity contribution in [1.82, 2.24) is 0 Å². The molecular weight excluding hydrogens is 344 g/mol. The Morgan fingerprint density at radius 3 is 2.30 bits per heavy atom. The second-order valence-electron chi connectivity index (χ2n) is 7.03. The summed E-state index contributed by atoms with van der Waals surface area (Å²) in [5.41, 5.74) is 2.26. The number of anilines is 2. The standard InChI is InChI=1S/C21H22N2O4/c1-12-10-18(12)20(25)22-16-8-6-14(7-9-16)19(24)23-17-5-3-4-15(11-17)13(2)21(26)27/h3-9,11-13,18H,10H2,1-2H3,(H,22,25)(H,23,24)(H,26,27). The van der Waals surface area contributed by atoms with Gasteiger partial charge in [-0.2, -0.15) is 0 Å². The monoisotopic (exact) mass is 366 g/mol. The van der Waals surface area contributed by atoms with Crippen LogP contribution in [0.3, 0.4) is 0 Å². The van der Waals surface area contributed by atoms with Crippen molar-refractivity contribution in [3.05, 3.63) is 59.7 Å². The Bertz CT molecular complexity index is 876. The summed E-state index contributed by atoms with van der Waals surface area (Å²) in [6.07, 6.45) is 0.923. The highest BCUT2D eigenvalue weighted by Gasteiger charge is 2.39. The van der Waals surface area contributed by atoms with Crippen LogP contribution in [-0.2, 0) is 9.59 Å². The lowest BCUT2D eigenvalue weighted by Crippen LogP contribution is -2.15. The van der Waals surface area contributed by atoms with E-state index in [9.17, 15) is 14.4 Å². The Labute approximate surface area is 157 Å². The minimum absolute atomic E-state index is 0.0177. The summed E-state index contributed by atoms with van der Waals surface area (Å²) in [6.45, 7) is 3.64. The lowest BCUT2D eigenvalue weighted by Gasteiger charge is -2.10. The third-order valence-corrected chi connectivity index (χ3v) is 4.88. The van der Waals surface area contributed by atoms with E-state index < -0.39 is 11.9 Å². The number of carboxylic acid groups (broad SMARTS) is 1. The second kappa shape index (κ2) is 7.61. The van der Waals surface area contributed by atoms with E-state index in [-0.39, 0.29) is 17.7 Å². The average Bonchev–Trinajstić information content (AvgIpc) is 3.38. The quantitative estimate of drug-likeness (QED) is 0.726. The molecule has 0 aliphatic heterocycles. The first kappa shape index (κ1) is 18.6. The molecule has 0 saturated heterocycles. The molecule has 2 amide bonds. The number of carbonyl (C=O) groups is 3. The third kappa shape index (κ3) is 4.53. The van der Waals surface area contributed by atoms with Gasteiger partial charge in [-0.05, 0) is 61.2 Å². The first-order chi connectivity index (χ1) is 12.8. The number of rotatable bonds is 6. The van der Waals surface area contributed by atoms with Gasteiger partial charge in [-0.3, -0.25) is 14.4 Å². The van der Waals surface area contributed by atoms with Crippen molar-refractivity contribution in [2.24, 2.45) is 11.8 Å². The van der Waals surface area contributed by atoms with E-state index in [0.29, 0.717) is 28.4 Å². The van der Waals surface area contributed by atoms with Gasteiger partial charge in [0.05, 0.1) is 5.92 Å². The van der Waals surface area contributed by atoms with Gasteiger partial charge < -0.3 is 15.7 Å². The van der Waals surface area contributed by atoms with Gasteiger partial charge in [-0.15, -0.1) is 0 Å². The lowest BCUT2D eigenvalue weighted by molar-refractivity contribution is -0.138. The van der Waals surface area contributed by atoms with Gasteiger partial charge >= 0.3 is 5.97 Å². The van der Waals surface area contributed by atoms with Crippen LogP contribution in [0.15, 0.2) is 48.5 Å². The molecular formula is C21H22N2O4. The maximum absolute atomic E-state index is 12.4. The molecule has 1 saturated carbocycles. The highest BCUT2D eigenvalue weighted by molar-refractivity contribution is 6.04. The van der Waals surface area contributed by atoms with Crippen LogP contribution in [0.5, 0.6) is 0 Å². The fourth-order valence-corrected chi connectivity index (χ4v) is 2.86. The van der Waals surface area contributed by atoms with Crippen LogP contribution in [0.1, 0.15) is 42.1 Å². The fourth-order valence-electron chi connectivity index (χ4n) is 2.86. The zero-order valence-corrected chi connectivity index (χ0v) is 15.2. The highest BCUT2D eigenvalue weighted by atomic mass is 16.4. The predicted molar refractivity (Wildman–Crippen MR) is 103 cm³/mol. The van der Waals surface area contributed by atoms with Crippen LogP contribution in [0, 0.1) is 11.8 Å². The van der Waals surface area contributed by atoms with Gasteiger partial charge in [-0.25, -0.2) is 0 Å². The van der Waals surface area contributed by atoms with E-state index in [2.05, 4.69) is 10.6 Å². The van der Waals surface area contributed by atoms with Gasteiger partial charge in [0.1, 0.15) is 0 Å². The van der Waals surface area contributed by atoms with Crippen LogP contribution in [-0.4, -0.2) is 22.9 Å². The van der Waals surface area contributed by atoms with Crippen molar-refractivity contribution < 1.29 is 19.5 Å². The number of benzene rings is 2. The molecule has 0 bridgehead atoms. The molecule has 3 unspecified atom stereocenters.